The highest BCUT2D eigenvalue weighted by Crippen LogP contribution is 2.48. The summed E-state index contributed by atoms with van der Waals surface area (Å²) in [6.07, 6.45) is 0. The topological polar surface area (TPSA) is 16.1 Å². The molecule has 0 fully saturated rings. The van der Waals surface area contributed by atoms with E-state index in [1.807, 2.05) is 22.7 Å². The summed E-state index contributed by atoms with van der Waals surface area (Å²) in [5.74, 6) is 0. The normalized spacial score (nSPS) is 11.8. The average Bonchev–Trinajstić information content (AvgIpc) is 3.86. The molecule has 0 aliphatic rings. The van der Waals surface area contributed by atoms with Crippen molar-refractivity contribution in [1.82, 2.24) is 4.98 Å². The van der Waals surface area contributed by atoms with Crippen molar-refractivity contribution in [3.05, 3.63) is 158 Å². The van der Waals surface area contributed by atoms with E-state index in [-0.39, 0.29) is 0 Å². The van der Waals surface area contributed by atoms with Gasteiger partial charge in [0.05, 0.1) is 15.9 Å². The van der Waals surface area contributed by atoms with E-state index in [9.17, 15) is 0 Å². The van der Waals surface area contributed by atoms with Crippen LogP contribution < -0.4 is 4.90 Å². The molecule has 0 atom stereocenters. The Morgan fingerprint density at radius 3 is 1.85 bits per heavy atom. The van der Waals surface area contributed by atoms with E-state index in [0.717, 1.165) is 27.5 Å². The van der Waals surface area contributed by atoms with Crippen LogP contribution in [0.4, 0.5) is 17.1 Å². The Hall–Kier alpha value is -5.33. The summed E-state index contributed by atoms with van der Waals surface area (Å²) in [6, 6.07) is 57.1. The number of hydrogen-bond donors (Lipinski definition) is 0. The van der Waals surface area contributed by atoms with Gasteiger partial charge in [0.15, 0.2) is 0 Å². The number of hydrogen-bond acceptors (Lipinski definition) is 5. The number of thiazole rings is 1. The smallest absolute Gasteiger partial charge is 0.124 e. The maximum absolute atomic E-state index is 5.08. The highest BCUT2D eigenvalue weighted by atomic mass is 32.1. The van der Waals surface area contributed by atoms with Crippen molar-refractivity contribution < 1.29 is 0 Å². The molecule has 0 aliphatic carbocycles. The van der Waals surface area contributed by atoms with Crippen molar-refractivity contribution in [2.24, 2.45) is 0 Å². The Morgan fingerprint density at radius 1 is 0.417 bits per heavy atom. The molecule has 0 amide bonds. The lowest BCUT2D eigenvalue weighted by Crippen LogP contribution is -2.10. The number of rotatable bonds is 5. The van der Waals surface area contributed by atoms with Crippen LogP contribution in [0.2, 0.25) is 0 Å². The first-order valence-corrected chi connectivity index (χ1v) is 18.4. The second-order valence-corrected chi connectivity index (χ2v) is 15.1. The van der Waals surface area contributed by atoms with Crippen molar-refractivity contribution in [2.75, 3.05) is 4.90 Å². The van der Waals surface area contributed by atoms with Crippen LogP contribution in [-0.2, 0) is 0 Å². The van der Waals surface area contributed by atoms with Gasteiger partial charge in [-0.2, -0.15) is 0 Å². The Labute approximate surface area is 289 Å². The SMILES string of the molecule is c1ccc(-c2ccc(N(c3ccc4sc5ccc6nc(-c7ccccc7)sc6c5c4c3)c3cccc4sc5ccccc5c34)cc2)cc1. The predicted molar refractivity (Wildman–Crippen MR) is 211 cm³/mol. The first-order valence-electron chi connectivity index (χ1n) is 16.0. The predicted octanol–water partition coefficient (Wildman–Crippen LogP) is 13.8. The van der Waals surface area contributed by atoms with Crippen LogP contribution in [0, 0.1) is 0 Å². The van der Waals surface area contributed by atoms with Crippen LogP contribution in [0.25, 0.3) is 72.3 Å². The second kappa shape index (κ2) is 11.1. The summed E-state index contributed by atoms with van der Waals surface area (Å²) < 4.78 is 6.43. The second-order valence-electron chi connectivity index (χ2n) is 12.0. The molecule has 0 N–H and O–H groups in total. The van der Waals surface area contributed by atoms with Crippen LogP contribution in [0.15, 0.2) is 158 Å². The first kappa shape index (κ1) is 27.8. The summed E-state index contributed by atoms with van der Waals surface area (Å²) in [4.78, 5) is 7.52. The third-order valence-electron chi connectivity index (χ3n) is 9.10. The van der Waals surface area contributed by atoms with Gasteiger partial charge in [-0.15, -0.1) is 34.0 Å². The van der Waals surface area contributed by atoms with Gasteiger partial charge < -0.3 is 4.90 Å². The van der Waals surface area contributed by atoms with E-state index >= 15 is 0 Å². The molecule has 0 radical (unpaired) electrons. The van der Waals surface area contributed by atoms with Gasteiger partial charge in [-0.25, -0.2) is 4.98 Å². The number of anilines is 3. The summed E-state index contributed by atoms with van der Waals surface area (Å²) in [7, 11) is 0. The molecule has 0 aliphatic heterocycles. The fourth-order valence-corrected chi connectivity index (χ4v) is 10.3. The van der Waals surface area contributed by atoms with Gasteiger partial charge in [-0.05, 0) is 71.8 Å². The maximum atomic E-state index is 5.08. The quantitative estimate of drug-likeness (QED) is 0.182. The van der Waals surface area contributed by atoms with Gasteiger partial charge in [0, 0.05) is 57.3 Å². The molecule has 0 saturated heterocycles. The summed E-state index contributed by atoms with van der Waals surface area (Å²) >= 11 is 5.52. The zero-order valence-corrected chi connectivity index (χ0v) is 28.1. The van der Waals surface area contributed by atoms with Gasteiger partial charge in [0.1, 0.15) is 5.01 Å². The van der Waals surface area contributed by atoms with Gasteiger partial charge in [-0.3, -0.25) is 0 Å². The first-order chi connectivity index (χ1) is 23.8. The number of nitrogens with zero attached hydrogens (tertiary/aromatic N) is 2. The Balaban J connectivity index is 1.21. The van der Waals surface area contributed by atoms with E-state index < -0.39 is 0 Å². The van der Waals surface area contributed by atoms with E-state index in [4.69, 9.17) is 4.98 Å². The monoisotopic (exact) mass is 666 g/mol. The number of aromatic nitrogens is 1. The van der Waals surface area contributed by atoms with Crippen molar-refractivity contribution >= 4 is 102 Å². The zero-order valence-electron chi connectivity index (χ0n) is 25.6. The van der Waals surface area contributed by atoms with E-state index in [1.54, 1.807) is 11.3 Å². The third kappa shape index (κ3) is 4.47. The molecule has 5 heteroatoms. The molecule has 3 heterocycles. The van der Waals surface area contributed by atoms with E-state index in [0.29, 0.717) is 0 Å². The minimum Gasteiger partial charge on any atom is -0.310 e. The minimum absolute atomic E-state index is 1.05. The van der Waals surface area contributed by atoms with Crippen LogP contribution in [0.3, 0.4) is 0 Å². The van der Waals surface area contributed by atoms with Crippen LogP contribution >= 0.6 is 34.0 Å². The molecule has 10 aromatic rings. The molecule has 7 aromatic carbocycles. The fraction of sp³-hybridized carbons (Fsp3) is 0. The Bertz CT molecular complexity index is 2770. The molecule has 2 nitrogen and oxygen atoms in total. The zero-order chi connectivity index (χ0) is 31.6. The maximum Gasteiger partial charge on any atom is 0.124 e. The van der Waals surface area contributed by atoms with Crippen molar-refractivity contribution in [2.45, 2.75) is 0 Å². The number of thiophene rings is 2. The lowest BCUT2D eigenvalue weighted by Gasteiger charge is -2.27. The minimum atomic E-state index is 1.05. The van der Waals surface area contributed by atoms with Crippen LogP contribution in [0.1, 0.15) is 0 Å². The van der Waals surface area contributed by atoms with Crippen molar-refractivity contribution in [3.63, 3.8) is 0 Å². The van der Waals surface area contributed by atoms with E-state index in [2.05, 4.69) is 163 Å². The molecule has 226 valence electrons. The summed E-state index contributed by atoms with van der Waals surface area (Å²) in [6.45, 7) is 0. The summed E-state index contributed by atoms with van der Waals surface area (Å²) in [5.41, 5.74) is 8.10. The molecular weight excluding hydrogens is 641 g/mol. The van der Waals surface area contributed by atoms with Crippen LogP contribution in [-0.4, -0.2) is 4.98 Å². The Kier molecular flexibility index (Phi) is 6.44. The van der Waals surface area contributed by atoms with Gasteiger partial charge in [-0.1, -0.05) is 97.1 Å². The number of benzene rings is 7. The largest absolute Gasteiger partial charge is 0.310 e. The molecule has 48 heavy (non-hydrogen) atoms. The lowest BCUT2D eigenvalue weighted by atomic mass is 10.0. The molecule has 0 unspecified atom stereocenters. The Morgan fingerprint density at radius 2 is 1.04 bits per heavy atom. The molecule has 0 bridgehead atoms. The van der Waals surface area contributed by atoms with Crippen molar-refractivity contribution in [1.29, 1.82) is 0 Å². The lowest BCUT2D eigenvalue weighted by molar-refractivity contribution is 1.31. The highest BCUT2D eigenvalue weighted by molar-refractivity contribution is 7.28. The van der Waals surface area contributed by atoms with Crippen molar-refractivity contribution in [3.8, 4) is 21.7 Å². The van der Waals surface area contributed by atoms with E-state index in [1.165, 1.54) is 61.9 Å². The highest BCUT2D eigenvalue weighted by Gasteiger charge is 2.21. The fourth-order valence-electron chi connectivity index (χ4n) is 6.88. The molecule has 0 saturated carbocycles. The molecule has 0 spiro atoms. The number of fused-ring (bicyclic) bond motifs is 8. The summed E-state index contributed by atoms with van der Waals surface area (Å²) in [5, 5.41) is 6.21. The average molecular weight is 667 g/mol. The molecule has 10 rings (SSSR count). The molecule has 3 aromatic heterocycles. The van der Waals surface area contributed by atoms with Gasteiger partial charge in [0.25, 0.3) is 0 Å². The van der Waals surface area contributed by atoms with Gasteiger partial charge in [0.2, 0.25) is 0 Å². The molecular formula is C43H26N2S3. The van der Waals surface area contributed by atoms with Gasteiger partial charge >= 0.3 is 0 Å². The van der Waals surface area contributed by atoms with Crippen LogP contribution in [0.5, 0.6) is 0 Å². The third-order valence-corrected chi connectivity index (χ3v) is 12.5. The standard InChI is InChI=1S/C43H26N2S3/c1-3-10-27(11-4-1)28-18-20-30(21-19-28)45(35-15-9-17-38-40(35)32-14-7-8-16-36(32)46-38)31-22-24-37-33(26-31)41-39(47-37)25-23-34-42(41)48-43(44-34)29-12-5-2-6-13-29/h1-26H.